The number of primary amides is 1. The van der Waals surface area contributed by atoms with Gasteiger partial charge in [-0.15, -0.1) is 11.3 Å². The van der Waals surface area contributed by atoms with Gasteiger partial charge < -0.3 is 15.6 Å². The number of aliphatic hydroxyl groups is 1. The molecule has 0 saturated carbocycles. The van der Waals surface area contributed by atoms with Crippen molar-refractivity contribution in [2.75, 3.05) is 33.0 Å². The van der Waals surface area contributed by atoms with Crippen molar-refractivity contribution in [1.82, 2.24) is 4.90 Å². The third-order valence-corrected chi connectivity index (χ3v) is 7.08. The van der Waals surface area contributed by atoms with Gasteiger partial charge in [-0.1, -0.05) is 47.5 Å². The molecule has 0 aliphatic carbocycles. The van der Waals surface area contributed by atoms with Crippen molar-refractivity contribution in [2.24, 2.45) is 11.7 Å². The molecule has 1 aliphatic rings. The fourth-order valence-corrected chi connectivity index (χ4v) is 4.65. The molecule has 1 aromatic carbocycles. The lowest BCUT2D eigenvalue weighted by molar-refractivity contribution is -0.121. The van der Waals surface area contributed by atoms with Crippen LogP contribution in [0.3, 0.4) is 0 Å². The predicted octanol–water partition coefficient (Wildman–Crippen LogP) is 3.53. The maximum atomic E-state index is 13.4. The van der Waals surface area contributed by atoms with Gasteiger partial charge in [0.1, 0.15) is 0 Å². The van der Waals surface area contributed by atoms with Crippen LogP contribution in [0.4, 0.5) is 4.39 Å². The molecule has 3 rings (SSSR count). The summed E-state index contributed by atoms with van der Waals surface area (Å²) in [6, 6.07) is 11.2. The zero-order valence-corrected chi connectivity index (χ0v) is 18.0. The molecule has 158 valence electrons. The number of alkyl halides is 3. The van der Waals surface area contributed by atoms with E-state index in [1.807, 2.05) is 12.1 Å². The molecule has 0 bridgehead atoms. The lowest BCUT2D eigenvalue weighted by atomic mass is 9.92. The highest BCUT2D eigenvalue weighted by atomic mass is 35.5. The standard InChI is InChI=1S/C20H23Cl2FN2O3S/c21-20(22,19(24)27)16(11-23)18(26)14-3-1-13(2-4-14)17-6-5-15(29-17)12-25-7-9-28-10-8-25/h1-6,16,18,26H,7-12H2,(H2,24,27)/t16-,18+/m1/s1. The van der Waals surface area contributed by atoms with Crippen molar-refractivity contribution in [3.8, 4) is 10.4 Å². The van der Waals surface area contributed by atoms with Crippen molar-refractivity contribution < 1.29 is 19.0 Å². The number of aliphatic hydroxyl groups excluding tert-OH is 1. The van der Waals surface area contributed by atoms with Gasteiger partial charge in [-0.25, -0.2) is 0 Å². The fraction of sp³-hybridized carbons (Fsp3) is 0.450. The first-order valence-electron chi connectivity index (χ1n) is 9.24. The Hall–Kier alpha value is -1.22. The molecule has 3 N–H and O–H groups in total. The number of amides is 1. The first kappa shape index (κ1) is 22.5. The smallest absolute Gasteiger partial charge is 0.254 e. The topological polar surface area (TPSA) is 75.8 Å². The van der Waals surface area contributed by atoms with Gasteiger partial charge in [0, 0.05) is 29.4 Å². The number of rotatable bonds is 8. The second-order valence-corrected chi connectivity index (χ2v) is 9.52. The number of carbonyl (C=O) groups excluding carboxylic acids is 1. The van der Waals surface area contributed by atoms with E-state index < -0.39 is 28.9 Å². The summed E-state index contributed by atoms with van der Waals surface area (Å²) in [6.07, 6.45) is -1.36. The third kappa shape index (κ3) is 5.29. The summed E-state index contributed by atoms with van der Waals surface area (Å²) < 4.78 is 16.6. The van der Waals surface area contributed by atoms with E-state index in [0.29, 0.717) is 5.56 Å². The van der Waals surface area contributed by atoms with E-state index in [4.69, 9.17) is 33.7 Å². The van der Waals surface area contributed by atoms with Crippen LogP contribution in [-0.4, -0.2) is 53.2 Å². The van der Waals surface area contributed by atoms with Crippen molar-refractivity contribution in [1.29, 1.82) is 0 Å². The van der Waals surface area contributed by atoms with Crippen LogP contribution < -0.4 is 5.73 Å². The van der Waals surface area contributed by atoms with Crippen LogP contribution in [0.5, 0.6) is 0 Å². The monoisotopic (exact) mass is 460 g/mol. The molecular formula is C20H23Cl2FN2O3S. The number of benzene rings is 1. The molecule has 9 heteroatoms. The minimum atomic E-state index is -2.20. The molecule has 1 aliphatic heterocycles. The van der Waals surface area contributed by atoms with Crippen LogP contribution in [0.25, 0.3) is 10.4 Å². The number of hydrogen-bond acceptors (Lipinski definition) is 5. The van der Waals surface area contributed by atoms with Crippen molar-refractivity contribution in [3.05, 3.63) is 46.8 Å². The number of ether oxygens (including phenoxy) is 1. The summed E-state index contributed by atoms with van der Waals surface area (Å²) in [5.74, 6) is -2.46. The maximum Gasteiger partial charge on any atom is 0.254 e. The summed E-state index contributed by atoms with van der Waals surface area (Å²) in [5, 5.41) is 10.5. The molecule has 29 heavy (non-hydrogen) atoms. The third-order valence-electron chi connectivity index (χ3n) is 5.02. The Kier molecular flexibility index (Phi) is 7.53. The van der Waals surface area contributed by atoms with Crippen LogP contribution in [0.1, 0.15) is 16.5 Å². The molecule has 0 radical (unpaired) electrons. The summed E-state index contributed by atoms with van der Waals surface area (Å²) in [4.78, 5) is 16.1. The Balaban J connectivity index is 1.70. The molecule has 1 aromatic heterocycles. The van der Waals surface area contributed by atoms with Gasteiger partial charge in [0.25, 0.3) is 5.91 Å². The molecule has 1 amide bonds. The van der Waals surface area contributed by atoms with Crippen molar-refractivity contribution >= 4 is 40.4 Å². The van der Waals surface area contributed by atoms with Crippen LogP contribution in [0.15, 0.2) is 36.4 Å². The predicted molar refractivity (Wildman–Crippen MR) is 114 cm³/mol. The van der Waals surface area contributed by atoms with Gasteiger partial charge in [-0.05, 0) is 23.3 Å². The van der Waals surface area contributed by atoms with Crippen molar-refractivity contribution in [3.63, 3.8) is 0 Å². The molecule has 2 atom stereocenters. The van der Waals surface area contributed by atoms with Crippen LogP contribution in [0.2, 0.25) is 0 Å². The highest BCUT2D eigenvalue weighted by Gasteiger charge is 2.45. The Bertz CT molecular complexity index is 825. The first-order chi connectivity index (χ1) is 13.8. The number of thiophene rings is 1. The SMILES string of the molecule is NC(=O)C(Cl)(Cl)[C@H](CF)[C@@H](O)c1ccc(-c2ccc(CN3CCOCC3)s2)cc1. The van der Waals surface area contributed by atoms with Gasteiger partial charge in [-0.2, -0.15) is 0 Å². The molecule has 2 aromatic rings. The second kappa shape index (κ2) is 9.73. The summed E-state index contributed by atoms with van der Waals surface area (Å²) in [5.41, 5.74) is 6.53. The molecule has 1 fully saturated rings. The number of morpholine rings is 1. The largest absolute Gasteiger partial charge is 0.388 e. The number of nitrogens with two attached hydrogens (primary N) is 1. The van der Waals surface area contributed by atoms with E-state index in [1.54, 1.807) is 23.5 Å². The maximum absolute atomic E-state index is 13.4. The highest BCUT2D eigenvalue weighted by molar-refractivity contribution is 7.15. The molecule has 0 unspecified atom stereocenters. The summed E-state index contributed by atoms with van der Waals surface area (Å²) in [6.45, 7) is 3.21. The van der Waals surface area contributed by atoms with Gasteiger partial charge in [-0.3, -0.25) is 14.1 Å². The molecule has 1 saturated heterocycles. The number of hydrogen-bond donors (Lipinski definition) is 2. The molecule has 5 nitrogen and oxygen atoms in total. The minimum Gasteiger partial charge on any atom is -0.388 e. The summed E-state index contributed by atoms with van der Waals surface area (Å²) >= 11 is 13.4. The van der Waals surface area contributed by atoms with Gasteiger partial charge in [0.15, 0.2) is 0 Å². The van der Waals surface area contributed by atoms with Crippen LogP contribution in [0, 0.1) is 5.92 Å². The van der Waals surface area contributed by atoms with E-state index >= 15 is 0 Å². The number of halogens is 3. The van der Waals surface area contributed by atoms with E-state index in [1.165, 1.54) is 4.88 Å². The Morgan fingerprint density at radius 3 is 2.48 bits per heavy atom. The highest BCUT2D eigenvalue weighted by Crippen LogP contribution is 2.39. The zero-order chi connectivity index (χ0) is 21.0. The molecule has 2 heterocycles. The van der Waals surface area contributed by atoms with Crippen LogP contribution >= 0.6 is 34.5 Å². The zero-order valence-electron chi connectivity index (χ0n) is 15.7. The lowest BCUT2D eigenvalue weighted by Crippen LogP contribution is -2.44. The van der Waals surface area contributed by atoms with E-state index in [9.17, 15) is 14.3 Å². The van der Waals surface area contributed by atoms with E-state index in [-0.39, 0.29) is 0 Å². The average Bonchev–Trinajstić information content (AvgIpc) is 3.17. The quantitative estimate of drug-likeness (QED) is 0.590. The minimum absolute atomic E-state index is 0.411. The van der Waals surface area contributed by atoms with Crippen molar-refractivity contribution in [2.45, 2.75) is 17.0 Å². The van der Waals surface area contributed by atoms with Gasteiger partial charge in [0.2, 0.25) is 4.33 Å². The van der Waals surface area contributed by atoms with E-state index in [2.05, 4.69) is 17.0 Å². The van der Waals surface area contributed by atoms with Gasteiger partial charge >= 0.3 is 0 Å². The van der Waals surface area contributed by atoms with Crippen LogP contribution in [-0.2, 0) is 16.1 Å². The Labute approximate surface area is 183 Å². The number of nitrogens with zero attached hydrogens (tertiary/aromatic N) is 1. The lowest BCUT2D eigenvalue weighted by Gasteiger charge is -2.29. The summed E-state index contributed by atoms with van der Waals surface area (Å²) in [7, 11) is 0. The second-order valence-electron chi connectivity index (χ2n) is 6.97. The fourth-order valence-electron chi connectivity index (χ4n) is 3.24. The number of carbonyl (C=O) groups is 1. The normalized spacial score (nSPS) is 17.8. The first-order valence-corrected chi connectivity index (χ1v) is 10.8. The average molecular weight is 461 g/mol. The Morgan fingerprint density at radius 2 is 1.90 bits per heavy atom. The molecule has 0 spiro atoms. The Morgan fingerprint density at radius 1 is 1.24 bits per heavy atom. The molecular weight excluding hydrogens is 438 g/mol. The van der Waals surface area contributed by atoms with Gasteiger partial charge in [0.05, 0.1) is 31.9 Å². The van der Waals surface area contributed by atoms with E-state index in [0.717, 1.165) is 43.3 Å².